The van der Waals surface area contributed by atoms with Gasteiger partial charge in [0.25, 0.3) is 0 Å². The Labute approximate surface area is 361 Å². The maximum Gasteiger partial charge on any atom is 0.327 e. The van der Waals surface area contributed by atoms with Crippen molar-refractivity contribution in [1.82, 2.24) is 0 Å². The summed E-state index contributed by atoms with van der Waals surface area (Å²) in [5, 5.41) is 0. The molecule has 0 saturated heterocycles. The van der Waals surface area contributed by atoms with Crippen LogP contribution in [0.3, 0.4) is 0 Å². The first-order valence-electron chi connectivity index (χ1n) is 22.1. The summed E-state index contributed by atoms with van der Waals surface area (Å²) in [5.74, 6) is 0.949. The van der Waals surface area contributed by atoms with E-state index in [9.17, 15) is 9.59 Å². The minimum Gasteiger partial charge on any atom is -0.494 e. The van der Waals surface area contributed by atoms with Gasteiger partial charge in [0.1, 0.15) is 23.1 Å². The number of carbonyl (C=O) groups excluding carboxylic acids is 2. The van der Waals surface area contributed by atoms with E-state index < -0.39 is 23.5 Å². The van der Waals surface area contributed by atoms with E-state index in [1.807, 2.05) is 0 Å². The normalized spacial score (nSPS) is 15.1. The Kier molecular flexibility index (Phi) is 16.7. The third kappa shape index (κ3) is 12.9. The largest absolute Gasteiger partial charge is 0.494 e. The second-order valence-corrected chi connectivity index (χ2v) is 16.5. The van der Waals surface area contributed by atoms with E-state index in [2.05, 4.69) is 97.1 Å². The first-order chi connectivity index (χ1) is 29.6. The topological polar surface area (TPSA) is 175 Å². The van der Waals surface area contributed by atoms with Crippen molar-refractivity contribution in [3.63, 3.8) is 0 Å². The molecule has 0 aliphatic heterocycles. The number of hydrogen-bond donors (Lipinski definition) is 4. The lowest BCUT2D eigenvalue weighted by atomic mass is 9.94. The number of benzene rings is 4. The fourth-order valence-electron chi connectivity index (χ4n) is 7.75. The molecule has 4 aromatic rings. The zero-order valence-electron chi connectivity index (χ0n) is 35.8. The molecule has 6 rings (SSSR count). The molecule has 324 valence electrons. The van der Waals surface area contributed by atoms with E-state index in [0.717, 1.165) is 88.5 Å². The van der Waals surface area contributed by atoms with Crippen LogP contribution in [0.25, 0.3) is 34.4 Å². The van der Waals surface area contributed by atoms with Crippen molar-refractivity contribution in [1.29, 1.82) is 0 Å². The smallest absolute Gasteiger partial charge is 0.327 e. The number of rotatable bonds is 21. The number of esters is 2. The van der Waals surface area contributed by atoms with Crippen LogP contribution < -0.4 is 32.4 Å². The SMILES string of the molecule is CC(N)(CN)C(=O)OCCCCCOc1ccc2c(c1)CCCC(c1ccc(-c3cccc(C4=Cc5cccc(OCCCCCOC(=O)C(N)CN)c5CCC4)c3)cc1)=C2. The van der Waals surface area contributed by atoms with Gasteiger partial charge < -0.3 is 41.9 Å². The van der Waals surface area contributed by atoms with Crippen molar-refractivity contribution in [3.8, 4) is 22.6 Å². The van der Waals surface area contributed by atoms with Gasteiger partial charge in [0.2, 0.25) is 0 Å². The molecule has 0 radical (unpaired) electrons. The summed E-state index contributed by atoms with van der Waals surface area (Å²) in [5.41, 5.74) is 34.0. The minimum atomic E-state index is -1.14. The molecule has 10 heteroatoms. The third-order valence-corrected chi connectivity index (χ3v) is 11.6. The van der Waals surface area contributed by atoms with E-state index in [4.69, 9.17) is 41.9 Å². The summed E-state index contributed by atoms with van der Waals surface area (Å²) in [6.07, 6.45) is 15.9. The standard InChI is InChI=1S/C51H64N4O6/c1-51(55,35-53)50(57)61-29-7-2-4-26-58-45-25-24-43-31-39(13-9-15-42(43)33-45)37-22-20-36(21-23-37)38-12-8-14-40(30-38)41-16-10-18-46-44(32-41)17-11-19-48(46)59-27-5-3-6-28-60-49(56)47(54)34-52/h8,11-12,14,17,19-25,30-33,47H,2-7,9-10,13,15-16,18,26-29,34-35,52-55H2,1H3. The highest BCUT2D eigenvalue weighted by molar-refractivity contribution is 5.87. The van der Waals surface area contributed by atoms with Crippen LogP contribution in [0.4, 0.5) is 0 Å². The van der Waals surface area contributed by atoms with E-state index in [-0.39, 0.29) is 13.1 Å². The lowest BCUT2D eigenvalue weighted by Gasteiger charge is -2.20. The average molecular weight is 829 g/mol. The number of unbranched alkanes of at least 4 members (excludes halogenated alkanes) is 4. The van der Waals surface area contributed by atoms with Gasteiger partial charge in [0.15, 0.2) is 0 Å². The molecule has 0 amide bonds. The second kappa shape index (κ2) is 22.5. The van der Waals surface area contributed by atoms with Gasteiger partial charge in [-0.2, -0.15) is 0 Å². The second-order valence-electron chi connectivity index (χ2n) is 16.5. The molecular formula is C51H64N4O6. The molecule has 2 aliphatic carbocycles. The van der Waals surface area contributed by atoms with Gasteiger partial charge in [-0.1, -0.05) is 72.8 Å². The molecule has 2 unspecified atom stereocenters. The monoisotopic (exact) mass is 828 g/mol. The summed E-state index contributed by atoms with van der Waals surface area (Å²) in [6.45, 7) is 3.64. The minimum absolute atomic E-state index is 0.0544. The molecule has 0 spiro atoms. The molecule has 2 aliphatic rings. The van der Waals surface area contributed by atoms with Gasteiger partial charge in [0, 0.05) is 18.7 Å². The van der Waals surface area contributed by atoms with Crippen molar-refractivity contribution >= 4 is 35.2 Å². The van der Waals surface area contributed by atoms with Crippen LogP contribution in [0.1, 0.15) is 105 Å². The fourth-order valence-corrected chi connectivity index (χ4v) is 7.75. The van der Waals surface area contributed by atoms with Crippen LogP contribution in [-0.2, 0) is 31.9 Å². The van der Waals surface area contributed by atoms with Gasteiger partial charge in [-0.15, -0.1) is 0 Å². The maximum absolute atomic E-state index is 12.0. The van der Waals surface area contributed by atoms with Crippen LogP contribution in [0, 0.1) is 0 Å². The number of carbonyl (C=O) groups is 2. The van der Waals surface area contributed by atoms with Crippen molar-refractivity contribution < 1.29 is 28.5 Å². The van der Waals surface area contributed by atoms with Gasteiger partial charge in [0.05, 0.1) is 26.4 Å². The molecule has 0 heterocycles. The zero-order chi connectivity index (χ0) is 43.0. The van der Waals surface area contributed by atoms with E-state index in [1.165, 1.54) is 55.7 Å². The van der Waals surface area contributed by atoms with Crippen LogP contribution in [-0.4, -0.2) is 63.0 Å². The van der Waals surface area contributed by atoms with Crippen LogP contribution >= 0.6 is 0 Å². The van der Waals surface area contributed by atoms with E-state index >= 15 is 0 Å². The first kappa shape index (κ1) is 45.3. The number of fused-ring (bicyclic) bond motifs is 2. The predicted octanol–water partition coefficient (Wildman–Crippen LogP) is 8.25. The Balaban J connectivity index is 1.01. The zero-order valence-corrected chi connectivity index (χ0v) is 35.8. The molecular weight excluding hydrogens is 765 g/mol. The highest BCUT2D eigenvalue weighted by Crippen LogP contribution is 2.36. The first-order valence-corrected chi connectivity index (χ1v) is 22.1. The quantitative estimate of drug-likeness (QED) is 0.0473. The van der Waals surface area contributed by atoms with Crippen molar-refractivity contribution in [3.05, 3.63) is 118 Å². The van der Waals surface area contributed by atoms with Crippen LogP contribution in [0.2, 0.25) is 0 Å². The molecule has 0 bridgehead atoms. The molecule has 0 fully saturated rings. The van der Waals surface area contributed by atoms with Crippen molar-refractivity contribution in [2.24, 2.45) is 22.9 Å². The molecule has 0 saturated carbocycles. The predicted molar refractivity (Wildman–Crippen MR) is 246 cm³/mol. The molecule has 61 heavy (non-hydrogen) atoms. The number of ether oxygens (including phenoxy) is 4. The van der Waals surface area contributed by atoms with Crippen molar-refractivity contribution in [2.75, 3.05) is 39.5 Å². The lowest BCUT2D eigenvalue weighted by Crippen LogP contribution is -2.52. The number of aryl methyl sites for hydroxylation is 1. The molecule has 4 aromatic carbocycles. The highest BCUT2D eigenvalue weighted by Gasteiger charge is 2.28. The lowest BCUT2D eigenvalue weighted by molar-refractivity contribution is -0.149. The molecule has 2 atom stereocenters. The van der Waals surface area contributed by atoms with E-state index in [1.54, 1.807) is 6.92 Å². The number of hydrogen-bond acceptors (Lipinski definition) is 10. The van der Waals surface area contributed by atoms with Gasteiger partial charge in [-0.05, 0) is 158 Å². The fraction of sp³-hybridized carbons (Fsp3) is 0.412. The summed E-state index contributed by atoms with van der Waals surface area (Å²) in [7, 11) is 0. The van der Waals surface area contributed by atoms with Gasteiger partial charge in [-0.25, -0.2) is 0 Å². The Morgan fingerprint density at radius 1 is 0.639 bits per heavy atom. The van der Waals surface area contributed by atoms with Gasteiger partial charge >= 0.3 is 11.9 Å². The summed E-state index contributed by atoms with van der Waals surface area (Å²) >= 11 is 0. The maximum atomic E-state index is 12.0. The number of nitrogens with two attached hydrogens (primary N) is 4. The highest BCUT2D eigenvalue weighted by atomic mass is 16.5. The Morgan fingerprint density at radius 3 is 2.03 bits per heavy atom. The summed E-state index contributed by atoms with van der Waals surface area (Å²) in [4.78, 5) is 23.7. The Morgan fingerprint density at radius 2 is 1.28 bits per heavy atom. The number of allylic oxidation sites excluding steroid dienone is 2. The summed E-state index contributed by atoms with van der Waals surface area (Å²) in [6, 6.07) is 30.0. The Hall–Kier alpha value is -5.26. The molecule has 0 aromatic heterocycles. The van der Waals surface area contributed by atoms with Gasteiger partial charge in [-0.3, -0.25) is 9.59 Å². The van der Waals surface area contributed by atoms with Crippen LogP contribution in [0.15, 0.2) is 84.9 Å². The van der Waals surface area contributed by atoms with E-state index in [0.29, 0.717) is 26.4 Å². The average Bonchev–Trinajstić information content (AvgIpc) is 3.65. The molecule has 10 nitrogen and oxygen atoms in total. The summed E-state index contributed by atoms with van der Waals surface area (Å²) < 4.78 is 22.8. The van der Waals surface area contributed by atoms with Crippen molar-refractivity contribution in [2.45, 2.75) is 95.6 Å². The molecule has 8 N–H and O–H groups in total. The third-order valence-electron chi connectivity index (χ3n) is 11.6. The Bertz CT molecular complexity index is 2140. The van der Waals surface area contributed by atoms with Crippen LogP contribution in [0.5, 0.6) is 11.5 Å².